The molecule has 0 radical (unpaired) electrons. The lowest BCUT2D eigenvalue weighted by Gasteiger charge is -2.27. The van der Waals surface area contributed by atoms with Gasteiger partial charge in [-0.3, -0.25) is 5.73 Å². The molecule has 2 aromatic rings. The molecular formula is C24H27F2N. The fourth-order valence-corrected chi connectivity index (χ4v) is 3.84. The SMILES string of the molecule is CCCC(C)Cc1ccc(-c2ccccc2C2=C(F)C=CCC2(N)F)cc1. The Morgan fingerprint density at radius 3 is 2.37 bits per heavy atom. The number of alkyl halides is 1. The van der Waals surface area contributed by atoms with Gasteiger partial charge < -0.3 is 0 Å². The number of halogens is 2. The van der Waals surface area contributed by atoms with Crippen molar-refractivity contribution >= 4 is 5.57 Å². The van der Waals surface area contributed by atoms with Crippen LogP contribution in [0.1, 0.15) is 44.2 Å². The van der Waals surface area contributed by atoms with Crippen molar-refractivity contribution in [2.45, 2.75) is 45.3 Å². The lowest BCUT2D eigenvalue weighted by atomic mass is 9.85. The minimum Gasteiger partial charge on any atom is -0.295 e. The summed E-state index contributed by atoms with van der Waals surface area (Å²) in [5.41, 5.74) is 9.23. The van der Waals surface area contributed by atoms with E-state index in [-0.39, 0.29) is 12.0 Å². The van der Waals surface area contributed by atoms with Gasteiger partial charge >= 0.3 is 0 Å². The highest BCUT2D eigenvalue weighted by Gasteiger charge is 2.35. The van der Waals surface area contributed by atoms with Crippen LogP contribution in [-0.2, 0) is 6.42 Å². The van der Waals surface area contributed by atoms with Crippen LogP contribution in [0, 0.1) is 5.92 Å². The van der Waals surface area contributed by atoms with Crippen molar-refractivity contribution in [3.05, 3.63) is 77.6 Å². The van der Waals surface area contributed by atoms with Crippen molar-refractivity contribution in [2.24, 2.45) is 11.7 Å². The quantitative estimate of drug-likeness (QED) is 0.572. The van der Waals surface area contributed by atoms with Gasteiger partial charge in [0.05, 0.1) is 0 Å². The molecule has 0 saturated carbocycles. The van der Waals surface area contributed by atoms with Gasteiger partial charge in [-0.15, -0.1) is 0 Å². The molecule has 1 nitrogen and oxygen atoms in total. The van der Waals surface area contributed by atoms with E-state index in [0.29, 0.717) is 11.5 Å². The van der Waals surface area contributed by atoms with Crippen LogP contribution < -0.4 is 5.73 Å². The molecule has 2 atom stereocenters. The average Bonchev–Trinajstić information content (AvgIpc) is 2.62. The van der Waals surface area contributed by atoms with E-state index in [9.17, 15) is 8.78 Å². The number of allylic oxidation sites excluding steroid dienone is 2. The summed E-state index contributed by atoms with van der Waals surface area (Å²) < 4.78 is 29.4. The predicted molar refractivity (Wildman–Crippen MR) is 109 cm³/mol. The third-order valence-corrected chi connectivity index (χ3v) is 5.16. The van der Waals surface area contributed by atoms with E-state index >= 15 is 0 Å². The van der Waals surface area contributed by atoms with Gasteiger partial charge in [0.2, 0.25) is 0 Å². The Kier molecular flexibility index (Phi) is 5.91. The Morgan fingerprint density at radius 1 is 1.07 bits per heavy atom. The summed E-state index contributed by atoms with van der Waals surface area (Å²) in [6.45, 7) is 4.47. The van der Waals surface area contributed by atoms with Gasteiger partial charge in [-0.1, -0.05) is 81.3 Å². The van der Waals surface area contributed by atoms with Gasteiger partial charge in [0.25, 0.3) is 0 Å². The van der Waals surface area contributed by atoms with E-state index in [2.05, 4.69) is 26.0 Å². The Labute approximate surface area is 160 Å². The minimum atomic E-state index is -2.20. The van der Waals surface area contributed by atoms with Crippen LogP contribution in [0.15, 0.2) is 66.5 Å². The van der Waals surface area contributed by atoms with Gasteiger partial charge in [-0.25, -0.2) is 8.78 Å². The fourth-order valence-electron chi connectivity index (χ4n) is 3.84. The number of hydrogen-bond donors (Lipinski definition) is 1. The molecule has 2 N–H and O–H groups in total. The average molecular weight is 367 g/mol. The molecule has 3 rings (SSSR count). The van der Waals surface area contributed by atoms with E-state index in [4.69, 9.17) is 5.73 Å². The Morgan fingerprint density at radius 2 is 1.74 bits per heavy atom. The summed E-state index contributed by atoms with van der Waals surface area (Å²) in [6, 6.07) is 15.6. The Bertz CT molecular complexity index is 847. The topological polar surface area (TPSA) is 26.0 Å². The molecule has 0 aliphatic heterocycles. The maximum Gasteiger partial charge on any atom is 0.191 e. The molecule has 0 spiro atoms. The Balaban J connectivity index is 1.96. The van der Waals surface area contributed by atoms with Crippen molar-refractivity contribution in [3.8, 4) is 11.1 Å². The second kappa shape index (κ2) is 8.18. The van der Waals surface area contributed by atoms with Crippen LogP contribution in [0.2, 0.25) is 0 Å². The van der Waals surface area contributed by atoms with Crippen LogP contribution in [-0.4, -0.2) is 5.79 Å². The summed E-state index contributed by atoms with van der Waals surface area (Å²) >= 11 is 0. The molecule has 0 aromatic heterocycles. The van der Waals surface area contributed by atoms with E-state index in [1.54, 1.807) is 12.1 Å². The zero-order valence-electron chi connectivity index (χ0n) is 16.0. The van der Waals surface area contributed by atoms with Crippen LogP contribution in [0.4, 0.5) is 8.78 Å². The summed E-state index contributed by atoms with van der Waals surface area (Å²) in [6.07, 6.45) is 6.14. The smallest absolute Gasteiger partial charge is 0.191 e. The molecule has 1 aliphatic carbocycles. The molecule has 27 heavy (non-hydrogen) atoms. The van der Waals surface area contributed by atoms with Crippen molar-refractivity contribution in [1.29, 1.82) is 0 Å². The number of nitrogens with two attached hydrogens (primary N) is 1. The third-order valence-electron chi connectivity index (χ3n) is 5.16. The monoisotopic (exact) mass is 367 g/mol. The van der Waals surface area contributed by atoms with Crippen molar-refractivity contribution in [1.82, 2.24) is 0 Å². The molecule has 0 heterocycles. The summed E-state index contributed by atoms with van der Waals surface area (Å²) in [7, 11) is 0. The van der Waals surface area contributed by atoms with Gasteiger partial charge in [0.15, 0.2) is 5.79 Å². The summed E-state index contributed by atoms with van der Waals surface area (Å²) in [5, 5.41) is 0. The summed E-state index contributed by atoms with van der Waals surface area (Å²) in [4.78, 5) is 0. The highest BCUT2D eigenvalue weighted by molar-refractivity contribution is 5.86. The fraction of sp³-hybridized carbons (Fsp3) is 0.333. The standard InChI is InChI=1S/C24H27F2N/c1-3-7-17(2)16-18-11-13-19(14-12-18)20-8-4-5-9-21(20)23-22(25)10-6-15-24(23,26)27/h4-6,8-14,17H,3,7,15-16,27H2,1-2H3. The summed E-state index contributed by atoms with van der Waals surface area (Å²) in [5.74, 6) is -2.17. The first-order chi connectivity index (χ1) is 12.9. The van der Waals surface area contributed by atoms with Crippen LogP contribution in [0.3, 0.4) is 0 Å². The normalized spacial score (nSPS) is 20.8. The molecule has 0 bridgehead atoms. The largest absolute Gasteiger partial charge is 0.295 e. The Hall–Kier alpha value is -2.26. The van der Waals surface area contributed by atoms with Gasteiger partial charge in [0, 0.05) is 12.0 Å². The van der Waals surface area contributed by atoms with Crippen molar-refractivity contribution < 1.29 is 8.78 Å². The van der Waals surface area contributed by atoms with E-state index < -0.39 is 11.6 Å². The van der Waals surface area contributed by atoms with Gasteiger partial charge in [-0.2, -0.15) is 0 Å². The van der Waals surface area contributed by atoms with Crippen molar-refractivity contribution in [2.75, 3.05) is 0 Å². The predicted octanol–water partition coefficient (Wildman–Crippen LogP) is 6.60. The molecular weight excluding hydrogens is 340 g/mol. The second-order valence-electron chi connectivity index (χ2n) is 7.53. The first-order valence-electron chi connectivity index (χ1n) is 9.65. The molecule has 2 unspecified atom stereocenters. The lowest BCUT2D eigenvalue weighted by Crippen LogP contribution is -2.37. The zero-order chi connectivity index (χ0) is 19.4. The highest BCUT2D eigenvalue weighted by Crippen LogP contribution is 2.41. The number of hydrogen-bond acceptors (Lipinski definition) is 1. The van der Waals surface area contributed by atoms with Crippen molar-refractivity contribution in [3.63, 3.8) is 0 Å². The molecule has 0 amide bonds. The molecule has 142 valence electrons. The lowest BCUT2D eigenvalue weighted by molar-refractivity contribution is 0.251. The molecule has 3 heteroatoms. The van der Waals surface area contributed by atoms with Gasteiger partial charge in [0.1, 0.15) is 5.83 Å². The zero-order valence-corrected chi connectivity index (χ0v) is 16.0. The first-order valence-corrected chi connectivity index (χ1v) is 9.65. The maximum atomic E-state index is 14.9. The van der Waals surface area contributed by atoms with E-state index in [0.717, 1.165) is 17.5 Å². The third kappa shape index (κ3) is 4.36. The van der Waals surface area contributed by atoms with E-state index in [1.165, 1.54) is 30.6 Å². The molecule has 0 saturated heterocycles. The van der Waals surface area contributed by atoms with Crippen LogP contribution in [0.5, 0.6) is 0 Å². The molecule has 2 aromatic carbocycles. The van der Waals surface area contributed by atoms with Gasteiger partial charge in [-0.05, 0) is 40.7 Å². The van der Waals surface area contributed by atoms with Crippen LogP contribution in [0.25, 0.3) is 16.7 Å². The molecule has 0 fully saturated rings. The minimum absolute atomic E-state index is 0.0294. The van der Waals surface area contributed by atoms with E-state index in [1.807, 2.05) is 24.3 Å². The number of benzene rings is 2. The number of rotatable bonds is 6. The van der Waals surface area contributed by atoms with Crippen LogP contribution >= 0.6 is 0 Å². The first kappa shape index (κ1) is 19.5. The second-order valence-corrected chi connectivity index (χ2v) is 7.53. The molecule has 1 aliphatic rings. The maximum absolute atomic E-state index is 14.9. The highest BCUT2D eigenvalue weighted by atomic mass is 19.2.